The van der Waals surface area contributed by atoms with Gasteiger partial charge in [0.05, 0.1) is 11.4 Å². The molecule has 8 aromatic carbocycles. The summed E-state index contributed by atoms with van der Waals surface area (Å²) in [6.45, 7) is 0. The van der Waals surface area contributed by atoms with Crippen molar-refractivity contribution in [2.75, 3.05) is 4.90 Å². The van der Waals surface area contributed by atoms with Crippen LogP contribution in [0, 0.1) is 0 Å². The molecule has 0 unspecified atom stereocenters. The number of hydrogen-bond donors (Lipinski definition) is 0. The van der Waals surface area contributed by atoms with Crippen LogP contribution < -0.4 is 9.64 Å². The number of rotatable bonds is 5. The molecule has 5 nitrogen and oxygen atoms in total. The van der Waals surface area contributed by atoms with Crippen LogP contribution in [0.5, 0.6) is 11.5 Å². The van der Waals surface area contributed by atoms with Crippen molar-refractivity contribution in [3.05, 3.63) is 188 Å². The summed E-state index contributed by atoms with van der Waals surface area (Å²) < 4.78 is 6.85. The number of thioether (sulfide) groups is 1. The first-order valence-electron chi connectivity index (χ1n) is 18.7. The quantitative estimate of drug-likeness (QED) is 0.175. The zero-order chi connectivity index (χ0) is 37.0. The molecule has 0 radical (unpaired) electrons. The average molecular weight is 737 g/mol. The van der Waals surface area contributed by atoms with Gasteiger partial charge in [-0.2, -0.15) is 0 Å². The van der Waals surface area contributed by atoms with Gasteiger partial charge in [0.25, 0.3) is 0 Å². The Balaban J connectivity index is 1.02. The monoisotopic (exact) mass is 736 g/mol. The fourth-order valence-corrected chi connectivity index (χ4v) is 9.07. The summed E-state index contributed by atoms with van der Waals surface area (Å²) in [5, 5.41) is 2.33. The van der Waals surface area contributed by atoms with Gasteiger partial charge in [-0.1, -0.05) is 146 Å². The molecule has 1 aromatic heterocycles. The van der Waals surface area contributed by atoms with E-state index in [0.29, 0.717) is 17.5 Å². The van der Waals surface area contributed by atoms with E-state index in [1.165, 1.54) is 27.0 Å². The standard InChI is InChI=1S/C50H32N4OS/c1-3-14-33(15-4-1)48-51-49(34-16-5-2-6-17-34)53-50(52-48)36-19-13-18-35(30-36)32-26-28-37(29-27-32)54-42-23-10-11-24-43(42)55-47-39-21-8-7-20-38(39)45-40-22-9-12-25-44(40)56-31-41(45)46(47)54/h1-30H,31H2. The first-order chi connectivity index (χ1) is 27.8. The first-order valence-corrected chi connectivity index (χ1v) is 19.7. The Kier molecular flexibility index (Phi) is 7.74. The molecule has 0 amide bonds. The highest BCUT2D eigenvalue weighted by Gasteiger charge is 2.34. The molecule has 0 aliphatic carbocycles. The molecule has 0 spiro atoms. The molecule has 0 saturated carbocycles. The second kappa shape index (κ2) is 13.4. The van der Waals surface area contributed by atoms with Gasteiger partial charge in [0, 0.05) is 38.4 Å². The Morgan fingerprint density at radius 2 is 1.07 bits per heavy atom. The van der Waals surface area contributed by atoms with Gasteiger partial charge in [-0.3, -0.25) is 0 Å². The van der Waals surface area contributed by atoms with Crippen molar-refractivity contribution in [1.82, 2.24) is 15.0 Å². The number of para-hydroxylation sites is 2. The SMILES string of the molecule is c1ccc(-c2nc(-c3ccccc3)nc(-c3cccc(-c4ccc(N5c6ccccc6Oc6c5c5c(c7ccccc67)-c6ccccc6SC5)cc4)c3)n2)cc1. The maximum Gasteiger partial charge on any atom is 0.164 e. The van der Waals surface area contributed by atoms with E-state index in [4.69, 9.17) is 19.7 Å². The lowest BCUT2D eigenvalue weighted by atomic mass is 9.90. The van der Waals surface area contributed by atoms with Crippen molar-refractivity contribution in [3.8, 4) is 67.9 Å². The minimum atomic E-state index is 0.633. The van der Waals surface area contributed by atoms with E-state index in [2.05, 4.69) is 120 Å². The minimum Gasteiger partial charge on any atom is -0.452 e. The summed E-state index contributed by atoms with van der Waals surface area (Å²) in [5.41, 5.74) is 12.1. The fourth-order valence-electron chi connectivity index (χ4n) is 7.99. The van der Waals surface area contributed by atoms with Crippen LogP contribution in [0.25, 0.3) is 67.2 Å². The number of ether oxygens (including phenoxy) is 1. The van der Waals surface area contributed by atoms with Gasteiger partial charge in [-0.25, -0.2) is 15.0 Å². The average Bonchev–Trinajstić information content (AvgIpc) is 3.28. The van der Waals surface area contributed by atoms with Crippen molar-refractivity contribution in [2.45, 2.75) is 10.6 Å². The number of hydrogen-bond acceptors (Lipinski definition) is 6. The summed E-state index contributed by atoms with van der Waals surface area (Å²) in [6, 6.07) is 63.3. The zero-order valence-electron chi connectivity index (χ0n) is 30.1. The van der Waals surface area contributed by atoms with E-state index in [1.807, 2.05) is 78.5 Å². The number of anilines is 3. The Morgan fingerprint density at radius 1 is 0.482 bits per heavy atom. The van der Waals surface area contributed by atoms with E-state index in [-0.39, 0.29) is 0 Å². The van der Waals surface area contributed by atoms with Gasteiger partial charge in [0.1, 0.15) is 0 Å². The second-order valence-corrected chi connectivity index (χ2v) is 15.0. The Bertz CT molecular complexity index is 2890. The summed E-state index contributed by atoms with van der Waals surface area (Å²) in [5.74, 6) is 4.51. The Morgan fingerprint density at radius 3 is 1.82 bits per heavy atom. The van der Waals surface area contributed by atoms with E-state index in [9.17, 15) is 0 Å². The summed E-state index contributed by atoms with van der Waals surface area (Å²) in [7, 11) is 0. The topological polar surface area (TPSA) is 51.1 Å². The molecule has 0 N–H and O–H groups in total. The van der Waals surface area contributed by atoms with Crippen molar-refractivity contribution in [3.63, 3.8) is 0 Å². The molecule has 0 fully saturated rings. The van der Waals surface area contributed by atoms with E-state index >= 15 is 0 Å². The maximum atomic E-state index is 6.85. The van der Waals surface area contributed by atoms with Crippen LogP contribution in [0.4, 0.5) is 17.1 Å². The highest BCUT2D eigenvalue weighted by atomic mass is 32.2. The third-order valence-electron chi connectivity index (χ3n) is 10.6. The molecule has 6 heteroatoms. The third kappa shape index (κ3) is 5.45. The highest BCUT2D eigenvalue weighted by molar-refractivity contribution is 7.98. The lowest BCUT2D eigenvalue weighted by Crippen LogP contribution is -2.19. The van der Waals surface area contributed by atoms with Gasteiger partial charge in [-0.15, -0.1) is 11.8 Å². The molecule has 264 valence electrons. The summed E-state index contributed by atoms with van der Waals surface area (Å²) >= 11 is 1.89. The van der Waals surface area contributed by atoms with Crippen LogP contribution in [-0.4, -0.2) is 15.0 Å². The number of benzene rings is 8. The van der Waals surface area contributed by atoms with Gasteiger partial charge < -0.3 is 9.64 Å². The normalized spacial score (nSPS) is 12.6. The van der Waals surface area contributed by atoms with Gasteiger partial charge in [0.15, 0.2) is 29.0 Å². The van der Waals surface area contributed by atoms with Crippen LogP contribution in [0.1, 0.15) is 5.56 Å². The molecule has 0 bridgehead atoms. The lowest BCUT2D eigenvalue weighted by Gasteiger charge is -2.37. The second-order valence-electron chi connectivity index (χ2n) is 13.9. The van der Waals surface area contributed by atoms with Crippen LogP contribution in [0.2, 0.25) is 0 Å². The lowest BCUT2D eigenvalue weighted by molar-refractivity contribution is 0.482. The van der Waals surface area contributed by atoms with E-state index in [0.717, 1.165) is 67.5 Å². The van der Waals surface area contributed by atoms with Gasteiger partial charge in [-0.05, 0) is 69.6 Å². The molecular formula is C50H32N4OS. The Labute approximate surface area is 329 Å². The number of aromatic nitrogens is 3. The van der Waals surface area contributed by atoms with E-state index < -0.39 is 0 Å². The van der Waals surface area contributed by atoms with Crippen molar-refractivity contribution in [1.29, 1.82) is 0 Å². The van der Waals surface area contributed by atoms with Crippen molar-refractivity contribution in [2.24, 2.45) is 0 Å². The summed E-state index contributed by atoms with van der Waals surface area (Å²) in [6.07, 6.45) is 0. The molecule has 2 aliphatic heterocycles. The van der Waals surface area contributed by atoms with Crippen molar-refractivity contribution < 1.29 is 4.74 Å². The van der Waals surface area contributed by atoms with E-state index in [1.54, 1.807) is 0 Å². The van der Waals surface area contributed by atoms with Crippen LogP contribution >= 0.6 is 11.8 Å². The predicted molar refractivity (Wildman–Crippen MR) is 229 cm³/mol. The molecule has 3 heterocycles. The number of fused-ring (bicyclic) bond motifs is 9. The number of nitrogens with zero attached hydrogens (tertiary/aromatic N) is 4. The summed E-state index contributed by atoms with van der Waals surface area (Å²) in [4.78, 5) is 18.6. The molecule has 56 heavy (non-hydrogen) atoms. The molecule has 9 aromatic rings. The molecule has 11 rings (SSSR count). The van der Waals surface area contributed by atoms with Crippen LogP contribution in [0.3, 0.4) is 0 Å². The highest BCUT2D eigenvalue weighted by Crippen LogP contribution is 2.59. The molecule has 0 atom stereocenters. The Hall–Kier alpha value is -7.02. The maximum absolute atomic E-state index is 6.85. The van der Waals surface area contributed by atoms with Crippen LogP contribution in [0.15, 0.2) is 187 Å². The predicted octanol–water partition coefficient (Wildman–Crippen LogP) is 13.5. The fraction of sp³-hybridized carbons (Fsp3) is 0.0200. The minimum absolute atomic E-state index is 0.633. The molecule has 0 saturated heterocycles. The first kappa shape index (κ1) is 32.4. The zero-order valence-corrected chi connectivity index (χ0v) is 30.9. The van der Waals surface area contributed by atoms with Gasteiger partial charge >= 0.3 is 0 Å². The molecule has 2 aliphatic rings. The van der Waals surface area contributed by atoms with Gasteiger partial charge in [0.2, 0.25) is 0 Å². The van der Waals surface area contributed by atoms with Crippen LogP contribution in [-0.2, 0) is 5.75 Å². The largest absolute Gasteiger partial charge is 0.452 e. The third-order valence-corrected chi connectivity index (χ3v) is 11.7. The molecular weight excluding hydrogens is 705 g/mol. The van der Waals surface area contributed by atoms with Crippen molar-refractivity contribution >= 4 is 39.6 Å². The smallest absolute Gasteiger partial charge is 0.164 e.